The molecule has 1 saturated heterocycles. The van der Waals surface area contributed by atoms with Gasteiger partial charge in [0.15, 0.2) is 0 Å². The van der Waals surface area contributed by atoms with Crippen LogP contribution in [0.15, 0.2) is 0 Å². The summed E-state index contributed by atoms with van der Waals surface area (Å²) < 4.78 is 0. The Labute approximate surface area is 60.5 Å². The molecule has 0 bridgehead atoms. The number of nitrogens with zero attached hydrogens (tertiary/aromatic N) is 2. The molecule has 0 spiro atoms. The minimum Gasteiger partial charge on any atom is -0.341 e. The Balaban J connectivity index is 2.20. The summed E-state index contributed by atoms with van der Waals surface area (Å²) >= 11 is 0. The van der Waals surface area contributed by atoms with E-state index in [1.165, 1.54) is 5.01 Å². The first-order valence-corrected chi connectivity index (χ1v) is 3.44. The normalized spacial score (nSPS) is 17.3. The van der Waals surface area contributed by atoms with E-state index in [1.54, 1.807) is 7.05 Å². The van der Waals surface area contributed by atoms with Crippen LogP contribution < -0.4 is 5.84 Å². The number of hydrazine groups is 1. The van der Waals surface area contributed by atoms with Gasteiger partial charge in [-0.3, -0.25) is 10.6 Å². The Morgan fingerprint density at radius 1 is 1.70 bits per heavy atom. The van der Waals surface area contributed by atoms with Gasteiger partial charge in [0, 0.05) is 20.1 Å². The summed E-state index contributed by atoms with van der Waals surface area (Å²) in [6.07, 6.45) is 1.14. The summed E-state index contributed by atoms with van der Waals surface area (Å²) in [4.78, 5) is 12.8. The van der Waals surface area contributed by atoms with Gasteiger partial charge < -0.3 is 4.90 Å². The molecule has 58 valence electrons. The number of rotatable bonds is 2. The molecule has 0 unspecified atom stereocenters. The molecular weight excluding hydrogens is 130 g/mol. The first-order valence-electron chi connectivity index (χ1n) is 3.44. The van der Waals surface area contributed by atoms with E-state index in [0.717, 1.165) is 19.5 Å². The van der Waals surface area contributed by atoms with Crippen LogP contribution in [0.25, 0.3) is 0 Å². The second kappa shape index (κ2) is 2.98. The van der Waals surface area contributed by atoms with Crippen LogP contribution in [0.5, 0.6) is 0 Å². The second-order valence-electron chi connectivity index (χ2n) is 2.65. The van der Waals surface area contributed by atoms with E-state index in [4.69, 9.17) is 5.84 Å². The largest absolute Gasteiger partial charge is 0.341 e. The van der Waals surface area contributed by atoms with Crippen molar-refractivity contribution >= 4 is 5.91 Å². The first-order chi connectivity index (χ1) is 4.70. The van der Waals surface area contributed by atoms with Gasteiger partial charge in [-0.15, -0.1) is 0 Å². The molecule has 1 aliphatic rings. The maximum Gasteiger partial charge on any atom is 0.238 e. The molecule has 1 rings (SSSR count). The number of likely N-dealkylation sites (tertiary alicyclic amines) is 1. The van der Waals surface area contributed by atoms with E-state index in [0.29, 0.717) is 6.54 Å². The van der Waals surface area contributed by atoms with Gasteiger partial charge in [-0.1, -0.05) is 0 Å². The lowest BCUT2D eigenvalue weighted by atomic mass is 10.2. The zero-order chi connectivity index (χ0) is 7.56. The molecule has 0 radical (unpaired) electrons. The number of carbonyl (C=O) groups excluding carboxylic acids is 1. The van der Waals surface area contributed by atoms with E-state index in [-0.39, 0.29) is 5.91 Å². The fourth-order valence-corrected chi connectivity index (χ4v) is 0.879. The summed E-state index contributed by atoms with van der Waals surface area (Å²) in [7, 11) is 1.69. The van der Waals surface area contributed by atoms with Crippen LogP contribution >= 0.6 is 0 Å². The van der Waals surface area contributed by atoms with Crippen LogP contribution in [-0.2, 0) is 4.79 Å². The van der Waals surface area contributed by atoms with E-state index < -0.39 is 0 Å². The van der Waals surface area contributed by atoms with E-state index in [2.05, 4.69) is 0 Å². The lowest BCUT2D eigenvalue weighted by Crippen LogP contribution is -2.47. The van der Waals surface area contributed by atoms with Gasteiger partial charge in [0.25, 0.3) is 0 Å². The van der Waals surface area contributed by atoms with Crippen molar-refractivity contribution in [2.75, 3.05) is 26.7 Å². The smallest absolute Gasteiger partial charge is 0.238 e. The van der Waals surface area contributed by atoms with E-state index >= 15 is 0 Å². The molecule has 0 aromatic rings. The fourth-order valence-electron chi connectivity index (χ4n) is 0.879. The standard InChI is InChI=1S/C6H13N3O/c1-8(7)5-6(10)9-3-2-4-9/h2-5,7H2,1H3. The van der Waals surface area contributed by atoms with Crippen molar-refractivity contribution in [3.05, 3.63) is 0 Å². The van der Waals surface area contributed by atoms with Crippen LogP contribution in [-0.4, -0.2) is 42.5 Å². The molecule has 4 heteroatoms. The second-order valence-corrected chi connectivity index (χ2v) is 2.65. The Bertz CT molecular complexity index is 131. The number of hydrogen-bond donors (Lipinski definition) is 1. The van der Waals surface area contributed by atoms with Crippen molar-refractivity contribution in [3.63, 3.8) is 0 Å². The van der Waals surface area contributed by atoms with Crippen molar-refractivity contribution in [1.82, 2.24) is 9.91 Å². The highest BCUT2D eigenvalue weighted by molar-refractivity contribution is 5.78. The number of hydrogen-bond acceptors (Lipinski definition) is 3. The molecule has 0 aromatic heterocycles. The Hall–Kier alpha value is -0.610. The molecule has 1 amide bonds. The number of likely N-dealkylation sites (N-methyl/N-ethyl adjacent to an activating group) is 1. The summed E-state index contributed by atoms with van der Waals surface area (Å²) in [6, 6.07) is 0. The van der Waals surface area contributed by atoms with Gasteiger partial charge in [-0.05, 0) is 6.42 Å². The lowest BCUT2D eigenvalue weighted by Gasteiger charge is -2.31. The highest BCUT2D eigenvalue weighted by atomic mass is 16.2. The molecule has 1 aliphatic heterocycles. The van der Waals surface area contributed by atoms with Crippen LogP contribution in [0.1, 0.15) is 6.42 Å². The topological polar surface area (TPSA) is 49.6 Å². The highest BCUT2D eigenvalue weighted by Crippen LogP contribution is 2.05. The van der Waals surface area contributed by atoms with E-state index in [1.807, 2.05) is 4.90 Å². The Morgan fingerprint density at radius 3 is 2.60 bits per heavy atom. The van der Waals surface area contributed by atoms with Crippen LogP contribution in [0.2, 0.25) is 0 Å². The molecule has 1 fully saturated rings. The Morgan fingerprint density at radius 2 is 2.30 bits per heavy atom. The third kappa shape index (κ3) is 1.68. The third-order valence-corrected chi connectivity index (χ3v) is 1.59. The predicted molar refractivity (Wildman–Crippen MR) is 38.0 cm³/mol. The zero-order valence-corrected chi connectivity index (χ0v) is 6.21. The van der Waals surface area contributed by atoms with Gasteiger partial charge in [0.1, 0.15) is 0 Å². The third-order valence-electron chi connectivity index (χ3n) is 1.59. The van der Waals surface area contributed by atoms with Crippen molar-refractivity contribution < 1.29 is 4.79 Å². The highest BCUT2D eigenvalue weighted by Gasteiger charge is 2.19. The van der Waals surface area contributed by atoms with Crippen molar-refractivity contribution in [2.45, 2.75) is 6.42 Å². The predicted octanol–water partition coefficient (Wildman–Crippen LogP) is -0.976. The van der Waals surface area contributed by atoms with Crippen LogP contribution in [0.4, 0.5) is 0 Å². The quantitative estimate of drug-likeness (QED) is 0.399. The van der Waals surface area contributed by atoms with Gasteiger partial charge in [-0.25, -0.2) is 5.01 Å². The molecule has 0 aliphatic carbocycles. The molecule has 10 heavy (non-hydrogen) atoms. The molecule has 0 aromatic carbocycles. The average molecular weight is 143 g/mol. The van der Waals surface area contributed by atoms with Crippen molar-refractivity contribution in [1.29, 1.82) is 0 Å². The Kier molecular flexibility index (Phi) is 2.24. The molecule has 2 N–H and O–H groups in total. The van der Waals surface area contributed by atoms with E-state index in [9.17, 15) is 4.79 Å². The lowest BCUT2D eigenvalue weighted by molar-refractivity contribution is -0.135. The minimum atomic E-state index is 0.135. The fraction of sp³-hybridized carbons (Fsp3) is 0.833. The van der Waals surface area contributed by atoms with Crippen molar-refractivity contribution in [3.8, 4) is 0 Å². The molecule has 4 nitrogen and oxygen atoms in total. The minimum absolute atomic E-state index is 0.135. The SMILES string of the molecule is CN(N)CC(=O)N1CCC1. The molecule has 0 saturated carbocycles. The average Bonchev–Trinajstić information content (AvgIpc) is 1.55. The van der Waals surface area contributed by atoms with Crippen molar-refractivity contribution in [2.24, 2.45) is 5.84 Å². The number of carbonyl (C=O) groups is 1. The summed E-state index contributed by atoms with van der Waals surface area (Å²) in [5.41, 5.74) is 0. The zero-order valence-electron chi connectivity index (χ0n) is 6.21. The van der Waals surface area contributed by atoms with Gasteiger partial charge >= 0.3 is 0 Å². The molecule has 1 heterocycles. The van der Waals surface area contributed by atoms with Gasteiger partial charge in [-0.2, -0.15) is 0 Å². The first kappa shape index (κ1) is 7.50. The molecule has 0 atom stereocenters. The number of nitrogens with two attached hydrogens (primary N) is 1. The maximum absolute atomic E-state index is 11.0. The summed E-state index contributed by atoms with van der Waals surface area (Å²) in [6.45, 7) is 2.15. The number of amides is 1. The van der Waals surface area contributed by atoms with Crippen LogP contribution in [0.3, 0.4) is 0 Å². The van der Waals surface area contributed by atoms with Gasteiger partial charge in [0.2, 0.25) is 5.91 Å². The summed E-state index contributed by atoms with van der Waals surface area (Å²) in [5, 5.41) is 1.40. The summed E-state index contributed by atoms with van der Waals surface area (Å²) in [5.74, 6) is 5.43. The van der Waals surface area contributed by atoms with Crippen LogP contribution in [0, 0.1) is 0 Å². The molecular formula is C6H13N3O. The maximum atomic E-state index is 11.0. The van der Waals surface area contributed by atoms with Gasteiger partial charge in [0.05, 0.1) is 6.54 Å². The monoisotopic (exact) mass is 143 g/mol.